The van der Waals surface area contributed by atoms with Crippen LogP contribution in [0.3, 0.4) is 0 Å². The standard InChI is InChI=1S/C29H30N4O3/c1-18(29(2,3)4)16-27(30)32-28(34)31-20-12-10-19(11-13-20)26-17-24(33-36-26)22-14-15-25(35-5)23-9-7-6-8-21(22)23/h6-17H,1-5H3,(H3,30,31,32,34)/b18-16+. The fraction of sp³-hybridized carbons (Fsp3) is 0.207. The molecule has 0 radical (unpaired) electrons. The number of carbonyl (C=O) groups excluding carboxylic acids is 1. The quantitative estimate of drug-likeness (QED) is 0.234. The van der Waals surface area contributed by atoms with E-state index in [0.29, 0.717) is 11.4 Å². The topological polar surface area (TPSA) is 103 Å². The van der Waals surface area contributed by atoms with Gasteiger partial charge in [0.15, 0.2) is 5.76 Å². The maximum atomic E-state index is 12.3. The molecule has 1 aromatic heterocycles. The van der Waals surface area contributed by atoms with E-state index in [1.807, 2.05) is 61.5 Å². The van der Waals surface area contributed by atoms with Crippen molar-refractivity contribution in [1.29, 1.82) is 0 Å². The monoisotopic (exact) mass is 482 g/mol. The molecule has 184 valence electrons. The second-order valence-electron chi connectivity index (χ2n) is 9.56. The van der Waals surface area contributed by atoms with Gasteiger partial charge >= 0.3 is 6.03 Å². The highest BCUT2D eigenvalue weighted by Crippen LogP contribution is 2.35. The zero-order chi connectivity index (χ0) is 25.9. The molecule has 4 rings (SSSR count). The number of rotatable bonds is 5. The highest BCUT2D eigenvalue weighted by Gasteiger charge is 2.14. The number of amides is 2. The van der Waals surface area contributed by atoms with Crippen molar-refractivity contribution < 1.29 is 14.1 Å². The minimum atomic E-state index is -0.536. The summed E-state index contributed by atoms with van der Waals surface area (Å²) in [6.45, 7) is 8.18. The summed E-state index contributed by atoms with van der Waals surface area (Å²) in [5.41, 5.74) is 10.0. The first-order valence-electron chi connectivity index (χ1n) is 11.6. The molecule has 0 aliphatic rings. The lowest BCUT2D eigenvalue weighted by Crippen LogP contribution is -2.17. The van der Waals surface area contributed by atoms with Crippen molar-refractivity contribution in [3.63, 3.8) is 0 Å². The molecule has 0 atom stereocenters. The van der Waals surface area contributed by atoms with E-state index in [4.69, 9.17) is 15.0 Å². The number of hydrogen-bond acceptors (Lipinski definition) is 4. The normalized spacial score (nSPS) is 12.6. The van der Waals surface area contributed by atoms with E-state index in [2.05, 4.69) is 36.2 Å². The third-order valence-electron chi connectivity index (χ3n) is 6.09. The predicted molar refractivity (Wildman–Crippen MR) is 145 cm³/mol. The van der Waals surface area contributed by atoms with Crippen LogP contribution in [0.15, 0.2) is 87.9 Å². The van der Waals surface area contributed by atoms with Gasteiger partial charge in [0.2, 0.25) is 0 Å². The number of urea groups is 1. The number of anilines is 1. The maximum Gasteiger partial charge on any atom is 0.347 e. The van der Waals surface area contributed by atoms with Crippen LogP contribution < -0.4 is 15.8 Å². The largest absolute Gasteiger partial charge is 0.496 e. The summed E-state index contributed by atoms with van der Waals surface area (Å²) in [7, 11) is 1.66. The van der Waals surface area contributed by atoms with Crippen molar-refractivity contribution >= 4 is 28.3 Å². The van der Waals surface area contributed by atoms with Crippen LogP contribution in [0.25, 0.3) is 33.4 Å². The Hall–Kier alpha value is -4.39. The first kappa shape index (κ1) is 24.7. The summed E-state index contributed by atoms with van der Waals surface area (Å²) in [6, 6.07) is 20.5. The van der Waals surface area contributed by atoms with E-state index in [0.717, 1.165) is 38.9 Å². The zero-order valence-corrected chi connectivity index (χ0v) is 21.1. The molecule has 0 fully saturated rings. The van der Waals surface area contributed by atoms with Crippen LogP contribution >= 0.6 is 0 Å². The molecule has 1 heterocycles. The molecule has 3 N–H and O–H groups in total. The summed E-state index contributed by atoms with van der Waals surface area (Å²) >= 11 is 0. The molecular formula is C29H30N4O3. The van der Waals surface area contributed by atoms with Crippen molar-refractivity contribution in [3.05, 3.63) is 78.4 Å². The molecule has 0 spiro atoms. The molecule has 0 bridgehead atoms. The van der Waals surface area contributed by atoms with Crippen molar-refractivity contribution in [1.82, 2.24) is 5.16 Å². The van der Waals surface area contributed by atoms with Gasteiger partial charge in [-0.1, -0.05) is 55.8 Å². The molecule has 0 saturated carbocycles. The van der Waals surface area contributed by atoms with Gasteiger partial charge in [0.05, 0.1) is 7.11 Å². The third kappa shape index (κ3) is 5.46. The van der Waals surface area contributed by atoms with Crippen LogP contribution in [0, 0.1) is 5.41 Å². The molecule has 4 aromatic rings. The van der Waals surface area contributed by atoms with E-state index in [1.54, 1.807) is 25.3 Å². The number of allylic oxidation sites excluding steroid dienone is 1. The van der Waals surface area contributed by atoms with Crippen molar-refractivity contribution in [2.75, 3.05) is 12.4 Å². The molecule has 0 unspecified atom stereocenters. The van der Waals surface area contributed by atoms with Crippen LogP contribution in [-0.2, 0) is 0 Å². The number of hydrogen-bond donors (Lipinski definition) is 2. The number of ether oxygens (including phenoxy) is 1. The number of aromatic nitrogens is 1. The Morgan fingerprint density at radius 2 is 1.75 bits per heavy atom. The maximum absolute atomic E-state index is 12.3. The Kier molecular flexibility index (Phi) is 6.92. The molecule has 0 aliphatic heterocycles. The van der Waals surface area contributed by atoms with E-state index < -0.39 is 6.03 Å². The van der Waals surface area contributed by atoms with Crippen molar-refractivity contribution in [2.45, 2.75) is 27.7 Å². The lowest BCUT2D eigenvalue weighted by Gasteiger charge is -2.19. The minimum absolute atomic E-state index is 0.0481. The van der Waals surface area contributed by atoms with Gasteiger partial charge in [0.25, 0.3) is 0 Å². The first-order valence-corrected chi connectivity index (χ1v) is 11.6. The second kappa shape index (κ2) is 10.1. The number of nitrogens with zero attached hydrogens (tertiary/aromatic N) is 2. The summed E-state index contributed by atoms with van der Waals surface area (Å²) < 4.78 is 11.1. The van der Waals surface area contributed by atoms with Gasteiger partial charge in [-0.2, -0.15) is 4.99 Å². The zero-order valence-electron chi connectivity index (χ0n) is 21.1. The van der Waals surface area contributed by atoms with Crippen molar-refractivity contribution in [3.8, 4) is 28.3 Å². The first-order chi connectivity index (χ1) is 17.2. The fourth-order valence-corrected chi connectivity index (χ4v) is 3.67. The number of amidine groups is 1. The molecule has 0 aliphatic carbocycles. The van der Waals surface area contributed by atoms with Gasteiger partial charge in [-0.05, 0) is 60.2 Å². The fourth-order valence-electron chi connectivity index (χ4n) is 3.67. The van der Waals surface area contributed by atoms with Gasteiger partial charge < -0.3 is 20.3 Å². The summed E-state index contributed by atoms with van der Waals surface area (Å²) in [5, 5.41) is 9.06. The average Bonchev–Trinajstić information content (AvgIpc) is 3.33. The van der Waals surface area contributed by atoms with E-state index in [9.17, 15) is 4.79 Å². The van der Waals surface area contributed by atoms with Crippen LogP contribution in [0.5, 0.6) is 5.75 Å². The van der Waals surface area contributed by atoms with Crippen LogP contribution in [0.1, 0.15) is 27.7 Å². The molecule has 36 heavy (non-hydrogen) atoms. The van der Waals surface area contributed by atoms with Gasteiger partial charge in [0, 0.05) is 28.3 Å². The minimum Gasteiger partial charge on any atom is -0.496 e. The molecule has 3 aromatic carbocycles. The third-order valence-corrected chi connectivity index (χ3v) is 6.09. The number of nitrogens with one attached hydrogen (secondary N) is 1. The highest BCUT2D eigenvalue weighted by atomic mass is 16.5. The molecule has 7 nitrogen and oxygen atoms in total. The Balaban J connectivity index is 1.50. The summed E-state index contributed by atoms with van der Waals surface area (Å²) in [4.78, 5) is 16.2. The second-order valence-corrected chi connectivity index (χ2v) is 9.56. The van der Waals surface area contributed by atoms with Gasteiger partial charge in [-0.25, -0.2) is 4.79 Å². The number of fused-ring (bicyclic) bond motifs is 1. The molecule has 2 amide bonds. The van der Waals surface area contributed by atoms with E-state index >= 15 is 0 Å². The lowest BCUT2D eigenvalue weighted by molar-refractivity contribution is 0.259. The number of benzene rings is 3. The smallest absolute Gasteiger partial charge is 0.347 e. The molecule has 0 saturated heterocycles. The SMILES string of the molecule is COc1ccc(-c2cc(-c3ccc(NC(=O)/N=C(N)\C=C(/C)C(C)(C)C)cc3)on2)c2ccccc12. The number of nitrogens with two attached hydrogens (primary N) is 1. The number of carbonyl (C=O) groups is 1. The van der Waals surface area contributed by atoms with Crippen LogP contribution in [-0.4, -0.2) is 24.1 Å². The molecular weight excluding hydrogens is 452 g/mol. The van der Waals surface area contributed by atoms with Crippen molar-refractivity contribution in [2.24, 2.45) is 16.1 Å². The van der Waals surface area contributed by atoms with Crippen LogP contribution in [0.4, 0.5) is 10.5 Å². The lowest BCUT2D eigenvalue weighted by atomic mass is 9.87. The summed E-state index contributed by atoms with van der Waals surface area (Å²) in [6.07, 6.45) is 1.72. The summed E-state index contributed by atoms with van der Waals surface area (Å²) in [5.74, 6) is 1.59. The Morgan fingerprint density at radius 1 is 1.06 bits per heavy atom. The van der Waals surface area contributed by atoms with Gasteiger partial charge in [-0.3, -0.25) is 0 Å². The Bertz CT molecular complexity index is 1460. The Labute approximate surface area is 210 Å². The number of methoxy groups -OCH3 is 1. The highest BCUT2D eigenvalue weighted by molar-refractivity contribution is 6.04. The average molecular weight is 483 g/mol. The molecule has 7 heteroatoms. The number of aliphatic imine (C=N–C) groups is 1. The predicted octanol–water partition coefficient (Wildman–Crippen LogP) is 7.05. The van der Waals surface area contributed by atoms with Gasteiger partial charge in [0.1, 0.15) is 17.3 Å². The van der Waals surface area contributed by atoms with E-state index in [1.165, 1.54) is 0 Å². The van der Waals surface area contributed by atoms with Crippen LogP contribution in [0.2, 0.25) is 0 Å². The Morgan fingerprint density at radius 3 is 2.42 bits per heavy atom. The van der Waals surface area contributed by atoms with Gasteiger partial charge in [-0.15, -0.1) is 0 Å². The van der Waals surface area contributed by atoms with E-state index in [-0.39, 0.29) is 11.3 Å².